The van der Waals surface area contributed by atoms with Crippen molar-refractivity contribution in [2.45, 2.75) is 25.2 Å². The van der Waals surface area contributed by atoms with Crippen LogP contribution >= 0.6 is 0 Å². The van der Waals surface area contributed by atoms with Gasteiger partial charge in [0.15, 0.2) is 0 Å². The van der Waals surface area contributed by atoms with Gasteiger partial charge in [-0.3, -0.25) is 14.8 Å². The molecule has 1 fully saturated rings. The fourth-order valence-electron chi connectivity index (χ4n) is 3.95. The first kappa shape index (κ1) is 19.1. The van der Waals surface area contributed by atoms with Gasteiger partial charge in [-0.05, 0) is 30.5 Å². The van der Waals surface area contributed by atoms with Crippen molar-refractivity contribution in [2.24, 2.45) is 0 Å². The number of aromatic nitrogens is 2. The molecule has 2 aromatic carbocycles. The minimum atomic E-state index is 0.174. The van der Waals surface area contributed by atoms with Gasteiger partial charge in [0, 0.05) is 37.0 Å². The highest BCUT2D eigenvalue weighted by Gasteiger charge is 2.28. The summed E-state index contributed by atoms with van der Waals surface area (Å²) in [6.45, 7) is 1.48. The van der Waals surface area contributed by atoms with Gasteiger partial charge in [-0.15, -0.1) is 0 Å². The molecule has 2 heterocycles. The molecule has 1 aliphatic heterocycles. The molecule has 1 saturated heterocycles. The lowest BCUT2D eigenvalue weighted by Crippen LogP contribution is -2.40. The lowest BCUT2D eigenvalue weighted by molar-refractivity contribution is -0.131. The molecule has 0 N–H and O–H groups in total. The van der Waals surface area contributed by atoms with Crippen LogP contribution < -0.4 is 4.74 Å². The zero-order valence-electron chi connectivity index (χ0n) is 16.6. The highest BCUT2D eigenvalue weighted by molar-refractivity contribution is 5.79. The van der Waals surface area contributed by atoms with E-state index in [0.29, 0.717) is 13.0 Å². The zero-order chi connectivity index (χ0) is 20.1. The Kier molecular flexibility index (Phi) is 5.84. The third-order valence-electron chi connectivity index (χ3n) is 5.43. The molecule has 4 rings (SSSR count). The summed E-state index contributed by atoms with van der Waals surface area (Å²) in [5.41, 5.74) is 3.86. The fourth-order valence-corrected chi connectivity index (χ4v) is 3.95. The Morgan fingerprint density at radius 2 is 1.93 bits per heavy atom. The molecule has 1 atom stereocenters. The minimum Gasteiger partial charge on any atom is -0.497 e. The van der Waals surface area contributed by atoms with Crippen molar-refractivity contribution in [3.8, 4) is 17.0 Å². The standard InChI is InChI=1S/C24H25N3O2/c1-29-21-11-5-9-19(16-21)23-24(26-13-12-25-23)20-10-6-14-27(17-20)22(28)15-18-7-3-2-4-8-18/h2-5,7-9,11-13,16,20H,6,10,14-15,17H2,1H3. The second kappa shape index (κ2) is 8.86. The number of amides is 1. The lowest BCUT2D eigenvalue weighted by Gasteiger charge is -2.33. The van der Waals surface area contributed by atoms with Crippen LogP contribution in [0.4, 0.5) is 0 Å². The molecule has 0 radical (unpaired) electrons. The molecule has 1 unspecified atom stereocenters. The molecule has 1 aromatic heterocycles. The maximum atomic E-state index is 12.9. The average Bonchev–Trinajstić information content (AvgIpc) is 2.80. The van der Waals surface area contributed by atoms with Crippen LogP contribution in [-0.2, 0) is 11.2 Å². The van der Waals surface area contributed by atoms with Crippen LogP contribution in [0.15, 0.2) is 67.0 Å². The van der Waals surface area contributed by atoms with E-state index in [0.717, 1.165) is 47.7 Å². The van der Waals surface area contributed by atoms with Crippen molar-refractivity contribution in [2.75, 3.05) is 20.2 Å². The summed E-state index contributed by atoms with van der Waals surface area (Å²) < 4.78 is 5.37. The van der Waals surface area contributed by atoms with E-state index < -0.39 is 0 Å². The number of ether oxygens (including phenoxy) is 1. The predicted molar refractivity (Wildman–Crippen MR) is 113 cm³/mol. The summed E-state index contributed by atoms with van der Waals surface area (Å²) in [4.78, 5) is 24.1. The van der Waals surface area contributed by atoms with Crippen LogP contribution in [0.2, 0.25) is 0 Å². The molecule has 5 nitrogen and oxygen atoms in total. The number of methoxy groups -OCH3 is 1. The summed E-state index contributed by atoms with van der Waals surface area (Å²) in [6, 6.07) is 17.8. The molecule has 0 aliphatic carbocycles. The number of likely N-dealkylation sites (tertiary alicyclic amines) is 1. The third kappa shape index (κ3) is 4.45. The number of carbonyl (C=O) groups excluding carboxylic acids is 1. The van der Waals surface area contributed by atoms with Crippen LogP contribution in [0.3, 0.4) is 0 Å². The van der Waals surface area contributed by atoms with Gasteiger partial charge < -0.3 is 9.64 Å². The lowest BCUT2D eigenvalue weighted by atomic mass is 9.91. The summed E-state index contributed by atoms with van der Waals surface area (Å²) in [6.07, 6.45) is 5.88. The van der Waals surface area contributed by atoms with Gasteiger partial charge in [0.05, 0.1) is 24.9 Å². The first-order valence-electron chi connectivity index (χ1n) is 10.0. The molecular weight excluding hydrogens is 362 g/mol. The van der Waals surface area contributed by atoms with E-state index in [1.54, 1.807) is 19.5 Å². The quantitative estimate of drug-likeness (QED) is 0.661. The maximum Gasteiger partial charge on any atom is 0.227 e. The van der Waals surface area contributed by atoms with Gasteiger partial charge in [0.1, 0.15) is 5.75 Å². The smallest absolute Gasteiger partial charge is 0.227 e. The van der Waals surface area contributed by atoms with Crippen molar-refractivity contribution in [3.63, 3.8) is 0 Å². The van der Waals surface area contributed by atoms with Crippen LogP contribution in [-0.4, -0.2) is 41.0 Å². The van der Waals surface area contributed by atoms with E-state index in [9.17, 15) is 4.79 Å². The van der Waals surface area contributed by atoms with Crippen LogP contribution in [0.5, 0.6) is 5.75 Å². The molecular formula is C24H25N3O2. The summed E-state index contributed by atoms with van der Waals surface area (Å²) in [5, 5.41) is 0. The van der Waals surface area contributed by atoms with Gasteiger partial charge in [0.2, 0.25) is 5.91 Å². The zero-order valence-corrected chi connectivity index (χ0v) is 16.6. The second-order valence-corrected chi connectivity index (χ2v) is 7.36. The summed E-state index contributed by atoms with van der Waals surface area (Å²) in [5.74, 6) is 1.15. The number of hydrogen-bond acceptors (Lipinski definition) is 4. The normalized spacial score (nSPS) is 16.4. The fraction of sp³-hybridized carbons (Fsp3) is 0.292. The van der Waals surface area contributed by atoms with Gasteiger partial charge in [-0.1, -0.05) is 42.5 Å². The Bertz CT molecular complexity index is 975. The minimum absolute atomic E-state index is 0.174. The Morgan fingerprint density at radius 1 is 1.10 bits per heavy atom. The summed E-state index contributed by atoms with van der Waals surface area (Å²) in [7, 11) is 1.66. The number of piperidine rings is 1. The maximum absolute atomic E-state index is 12.9. The SMILES string of the molecule is COc1cccc(-c2nccnc2C2CCCN(C(=O)Cc3ccccc3)C2)c1. The molecule has 0 bridgehead atoms. The summed E-state index contributed by atoms with van der Waals surface area (Å²) >= 11 is 0. The Morgan fingerprint density at radius 3 is 2.76 bits per heavy atom. The van der Waals surface area contributed by atoms with Crippen molar-refractivity contribution < 1.29 is 9.53 Å². The molecule has 148 valence electrons. The topological polar surface area (TPSA) is 55.3 Å². The third-order valence-corrected chi connectivity index (χ3v) is 5.43. The number of hydrogen-bond donors (Lipinski definition) is 0. The van der Waals surface area contributed by atoms with E-state index in [-0.39, 0.29) is 11.8 Å². The van der Waals surface area contributed by atoms with E-state index >= 15 is 0 Å². The van der Waals surface area contributed by atoms with Crippen LogP contribution in [0.1, 0.15) is 30.0 Å². The van der Waals surface area contributed by atoms with E-state index in [1.807, 2.05) is 59.5 Å². The van der Waals surface area contributed by atoms with Crippen molar-refractivity contribution >= 4 is 5.91 Å². The first-order valence-corrected chi connectivity index (χ1v) is 10.0. The van der Waals surface area contributed by atoms with Gasteiger partial charge in [-0.2, -0.15) is 0 Å². The molecule has 3 aromatic rings. The Hall–Kier alpha value is -3.21. The number of benzene rings is 2. The average molecular weight is 387 g/mol. The molecule has 0 spiro atoms. The Labute approximate surface area is 171 Å². The van der Waals surface area contributed by atoms with Crippen molar-refractivity contribution in [3.05, 3.63) is 78.2 Å². The van der Waals surface area contributed by atoms with E-state index in [2.05, 4.69) is 9.97 Å². The van der Waals surface area contributed by atoms with Crippen molar-refractivity contribution in [1.29, 1.82) is 0 Å². The number of rotatable bonds is 5. The molecule has 1 amide bonds. The molecule has 29 heavy (non-hydrogen) atoms. The van der Waals surface area contributed by atoms with Gasteiger partial charge >= 0.3 is 0 Å². The number of carbonyl (C=O) groups is 1. The monoisotopic (exact) mass is 387 g/mol. The van der Waals surface area contributed by atoms with Crippen LogP contribution in [0.25, 0.3) is 11.3 Å². The highest BCUT2D eigenvalue weighted by atomic mass is 16.5. The van der Waals surface area contributed by atoms with Gasteiger partial charge in [0.25, 0.3) is 0 Å². The van der Waals surface area contributed by atoms with Crippen molar-refractivity contribution in [1.82, 2.24) is 14.9 Å². The first-order chi connectivity index (χ1) is 14.2. The highest BCUT2D eigenvalue weighted by Crippen LogP contribution is 2.33. The van der Waals surface area contributed by atoms with E-state index in [4.69, 9.17) is 4.74 Å². The second-order valence-electron chi connectivity index (χ2n) is 7.36. The molecule has 1 aliphatic rings. The van der Waals surface area contributed by atoms with E-state index in [1.165, 1.54) is 0 Å². The predicted octanol–water partition coefficient (Wildman–Crippen LogP) is 4.10. The largest absolute Gasteiger partial charge is 0.497 e. The Balaban J connectivity index is 1.55. The molecule has 5 heteroatoms. The van der Waals surface area contributed by atoms with Crippen LogP contribution in [0, 0.1) is 0 Å². The van der Waals surface area contributed by atoms with Gasteiger partial charge in [-0.25, -0.2) is 0 Å². The molecule has 0 saturated carbocycles. The number of nitrogens with zero attached hydrogens (tertiary/aromatic N) is 3.